The second kappa shape index (κ2) is 7.27. The van der Waals surface area contributed by atoms with Crippen LogP contribution in [0.4, 0.5) is 5.69 Å². The third-order valence-corrected chi connectivity index (χ3v) is 6.87. The van der Waals surface area contributed by atoms with Crippen molar-refractivity contribution in [1.82, 2.24) is 4.31 Å². The van der Waals surface area contributed by atoms with Crippen molar-refractivity contribution < 1.29 is 13.2 Å². The Balaban J connectivity index is 1.79. The smallest absolute Gasteiger partial charge is 0.243 e. The van der Waals surface area contributed by atoms with Crippen molar-refractivity contribution in [3.05, 3.63) is 58.6 Å². The molecule has 5 nitrogen and oxygen atoms in total. The Kier molecular flexibility index (Phi) is 5.27. The average Bonchev–Trinajstić information content (AvgIpc) is 3.03. The zero-order chi connectivity index (χ0) is 18.0. The lowest BCUT2D eigenvalue weighted by molar-refractivity contribution is -0.117. The monoisotopic (exact) mass is 422 g/mol. The van der Waals surface area contributed by atoms with Gasteiger partial charge in [0, 0.05) is 36.7 Å². The van der Waals surface area contributed by atoms with Gasteiger partial charge in [0.15, 0.2) is 0 Å². The number of rotatable bonds is 5. The van der Waals surface area contributed by atoms with E-state index in [9.17, 15) is 13.2 Å². The molecule has 0 atom stereocenters. The van der Waals surface area contributed by atoms with Crippen LogP contribution in [0.2, 0.25) is 0 Å². The summed E-state index contributed by atoms with van der Waals surface area (Å²) in [4.78, 5) is 13.7. The lowest BCUT2D eigenvalue weighted by Gasteiger charge is -2.19. The van der Waals surface area contributed by atoms with Gasteiger partial charge in [-0.1, -0.05) is 34.1 Å². The minimum Gasteiger partial charge on any atom is -0.312 e. The molecule has 1 heterocycles. The van der Waals surface area contributed by atoms with Gasteiger partial charge in [-0.25, -0.2) is 8.42 Å². The molecule has 7 heteroatoms. The van der Waals surface area contributed by atoms with Gasteiger partial charge in [-0.15, -0.1) is 0 Å². The van der Waals surface area contributed by atoms with Crippen molar-refractivity contribution in [2.24, 2.45) is 0 Å². The molecule has 0 saturated carbocycles. The summed E-state index contributed by atoms with van der Waals surface area (Å²) in [6.07, 6.45) is 1.39. The van der Waals surface area contributed by atoms with Crippen LogP contribution in [0.3, 0.4) is 0 Å². The van der Waals surface area contributed by atoms with E-state index in [0.29, 0.717) is 13.0 Å². The number of halogens is 1. The van der Waals surface area contributed by atoms with Crippen LogP contribution in [-0.4, -0.2) is 32.2 Å². The maximum absolute atomic E-state index is 12.8. The first-order chi connectivity index (χ1) is 11.9. The molecule has 1 aliphatic heterocycles. The third-order valence-electron chi connectivity index (χ3n) is 4.28. The molecule has 3 rings (SSSR count). The average molecular weight is 423 g/mol. The Labute approximate surface area is 156 Å². The molecule has 0 bridgehead atoms. The van der Waals surface area contributed by atoms with Gasteiger partial charge < -0.3 is 4.90 Å². The van der Waals surface area contributed by atoms with Gasteiger partial charge >= 0.3 is 0 Å². The predicted octanol–water partition coefficient (Wildman–Crippen LogP) is 3.40. The van der Waals surface area contributed by atoms with Crippen LogP contribution < -0.4 is 4.90 Å². The summed E-state index contributed by atoms with van der Waals surface area (Å²) >= 11 is 3.44. The number of sulfonamides is 1. The van der Waals surface area contributed by atoms with Crippen LogP contribution in [0.25, 0.3) is 0 Å². The zero-order valence-electron chi connectivity index (χ0n) is 13.9. The summed E-state index contributed by atoms with van der Waals surface area (Å²) in [5.41, 5.74) is 1.64. The minimum atomic E-state index is -3.60. The van der Waals surface area contributed by atoms with E-state index in [4.69, 9.17) is 0 Å². The molecule has 2 aromatic rings. The number of hydrogen-bond donors (Lipinski definition) is 0. The molecule has 0 radical (unpaired) electrons. The molecule has 1 amide bonds. The summed E-state index contributed by atoms with van der Waals surface area (Å²) in [6, 6.07) is 14.1. The van der Waals surface area contributed by atoms with Crippen LogP contribution in [-0.2, 0) is 21.4 Å². The van der Waals surface area contributed by atoms with E-state index in [-0.39, 0.29) is 17.3 Å². The highest BCUT2D eigenvalue weighted by Gasteiger charge is 2.24. The molecule has 1 aliphatic rings. The first-order valence-corrected chi connectivity index (χ1v) is 10.2. The van der Waals surface area contributed by atoms with Crippen LogP contribution in [0.1, 0.15) is 18.4 Å². The summed E-state index contributed by atoms with van der Waals surface area (Å²) < 4.78 is 27.7. The minimum absolute atomic E-state index is 0.0849. The van der Waals surface area contributed by atoms with Crippen molar-refractivity contribution in [2.45, 2.75) is 24.3 Å². The quantitative estimate of drug-likeness (QED) is 0.741. The first-order valence-electron chi connectivity index (χ1n) is 8.00. The molecular formula is C18H19BrN2O3S. The zero-order valence-corrected chi connectivity index (χ0v) is 16.3. The summed E-state index contributed by atoms with van der Waals surface area (Å²) in [5, 5.41) is 0. The van der Waals surface area contributed by atoms with Gasteiger partial charge in [-0.3, -0.25) is 4.79 Å². The van der Waals surface area contributed by atoms with E-state index >= 15 is 0 Å². The van der Waals surface area contributed by atoms with E-state index in [2.05, 4.69) is 15.9 Å². The van der Waals surface area contributed by atoms with E-state index in [1.54, 1.807) is 36.2 Å². The van der Waals surface area contributed by atoms with E-state index in [1.807, 2.05) is 24.3 Å². The summed E-state index contributed by atoms with van der Waals surface area (Å²) in [6.45, 7) is 0.961. The first kappa shape index (κ1) is 18.1. The van der Waals surface area contributed by atoms with Crippen molar-refractivity contribution in [1.29, 1.82) is 0 Å². The molecule has 0 aliphatic carbocycles. The van der Waals surface area contributed by atoms with Crippen LogP contribution in [0, 0.1) is 0 Å². The molecule has 2 aromatic carbocycles. The van der Waals surface area contributed by atoms with Gasteiger partial charge in [0.1, 0.15) is 0 Å². The molecule has 0 N–H and O–H groups in total. The number of carbonyl (C=O) groups is 1. The van der Waals surface area contributed by atoms with E-state index in [0.717, 1.165) is 22.1 Å². The highest BCUT2D eigenvalue weighted by atomic mass is 79.9. The molecule has 0 spiro atoms. The number of benzene rings is 2. The number of amides is 1. The Bertz CT molecular complexity index is 881. The lowest BCUT2D eigenvalue weighted by Crippen LogP contribution is -2.27. The fourth-order valence-corrected chi connectivity index (χ4v) is 4.41. The van der Waals surface area contributed by atoms with Gasteiger partial charge in [-0.2, -0.15) is 4.31 Å². The highest BCUT2D eigenvalue weighted by molar-refractivity contribution is 9.10. The van der Waals surface area contributed by atoms with E-state index < -0.39 is 10.0 Å². The van der Waals surface area contributed by atoms with Crippen LogP contribution in [0.15, 0.2) is 57.9 Å². The van der Waals surface area contributed by atoms with Gasteiger partial charge in [-0.05, 0) is 42.3 Å². The second-order valence-electron chi connectivity index (χ2n) is 6.00. The normalized spacial score (nSPS) is 15.2. The van der Waals surface area contributed by atoms with Crippen molar-refractivity contribution in [3.8, 4) is 0 Å². The molecular weight excluding hydrogens is 404 g/mol. The van der Waals surface area contributed by atoms with Gasteiger partial charge in [0.25, 0.3) is 0 Å². The maximum Gasteiger partial charge on any atom is 0.243 e. The largest absolute Gasteiger partial charge is 0.312 e. The molecule has 0 unspecified atom stereocenters. The summed E-state index contributed by atoms with van der Waals surface area (Å²) in [7, 11) is -2.04. The Morgan fingerprint density at radius 3 is 2.40 bits per heavy atom. The Hall–Kier alpha value is -1.70. The second-order valence-corrected chi connectivity index (χ2v) is 8.89. The van der Waals surface area contributed by atoms with Crippen molar-refractivity contribution in [3.63, 3.8) is 0 Å². The fraction of sp³-hybridized carbons (Fsp3) is 0.278. The number of hydrogen-bond acceptors (Lipinski definition) is 3. The molecule has 1 saturated heterocycles. The number of anilines is 1. The molecule has 0 aromatic heterocycles. The standard InChI is InChI=1S/C18H19BrN2O3S/c1-20(13-14-5-2-3-6-17(14)19)25(23,24)16-10-8-15(9-11-16)21-12-4-7-18(21)22/h2-3,5-6,8-11H,4,7,12-13H2,1H3. The van der Waals surface area contributed by atoms with Gasteiger partial charge in [0.2, 0.25) is 15.9 Å². The van der Waals surface area contributed by atoms with Crippen LogP contribution >= 0.6 is 15.9 Å². The van der Waals surface area contributed by atoms with Crippen molar-refractivity contribution >= 4 is 37.5 Å². The lowest BCUT2D eigenvalue weighted by atomic mass is 10.2. The summed E-state index contributed by atoms with van der Waals surface area (Å²) in [5.74, 6) is 0.0849. The van der Waals surface area contributed by atoms with E-state index in [1.165, 1.54) is 4.31 Å². The third kappa shape index (κ3) is 3.78. The molecule has 132 valence electrons. The maximum atomic E-state index is 12.8. The Morgan fingerprint density at radius 1 is 1.12 bits per heavy atom. The van der Waals surface area contributed by atoms with Gasteiger partial charge in [0.05, 0.1) is 4.90 Å². The number of carbonyl (C=O) groups excluding carboxylic acids is 1. The number of nitrogens with zero attached hydrogens (tertiary/aromatic N) is 2. The highest BCUT2D eigenvalue weighted by Crippen LogP contribution is 2.25. The van der Waals surface area contributed by atoms with Crippen molar-refractivity contribution in [2.75, 3.05) is 18.5 Å². The van der Waals surface area contributed by atoms with Crippen LogP contribution in [0.5, 0.6) is 0 Å². The topological polar surface area (TPSA) is 57.7 Å². The predicted molar refractivity (Wildman–Crippen MR) is 101 cm³/mol. The fourth-order valence-electron chi connectivity index (χ4n) is 2.85. The Morgan fingerprint density at radius 2 is 1.80 bits per heavy atom. The molecule has 25 heavy (non-hydrogen) atoms. The molecule has 1 fully saturated rings. The SMILES string of the molecule is CN(Cc1ccccc1Br)S(=O)(=O)c1ccc(N2CCCC2=O)cc1.